The van der Waals surface area contributed by atoms with Gasteiger partial charge in [0.25, 0.3) is 0 Å². The molecule has 17 rings (SSSR count). The molecule has 0 saturated carbocycles. The second-order valence-electron chi connectivity index (χ2n) is 23.4. The average Bonchev–Trinajstić information content (AvgIpc) is 0.851. The van der Waals surface area contributed by atoms with Gasteiger partial charge in [-0.25, -0.2) is 0 Å². The number of hydrogen-bond donors (Lipinski definition) is 0. The molecule has 0 spiro atoms. The van der Waals surface area contributed by atoms with Gasteiger partial charge in [-0.3, -0.25) is 0 Å². The van der Waals surface area contributed by atoms with Crippen molar-refractivity contribution in [2.75, 3.05) is 9.80 Å². The topological polar surface area (TPSA) is 6.48 Å². The van der Waals surface area contributed by atoms with Gasteiger partial charge < -0.3 is 9.80 Å². The molecule has 0 radical (unpaired) electrons. The molecule has 0 aliphatic rings. The summed E-state index contributed by atoms with van der Waals surface area (Å²) in [6.45, 7) is 0. The smallest absolute Gasteiger partial charge is 0.0625 e. The molecule has 0 aromatic heterocycles. The maximum absolute atomic E-state index is 2.58. The Labute approximate surface area is 523 Å². The zero-order valence-electron chi connectivity index (χ0n) is 49.4. The summed E-state index contributed by atoms with van der Waals surface area (Å²) in [4.78, 5) is 5.12. The fraction of sp³-hybridized carbons (Fsp3) is 0. The molecule has 0 atom stereocenters. The van der Waals surface area contributed by atoms with Crippen molar-refractivity contribution in [1.29, 1.82) is 0 Å². The Morgan fingerprint density at radius 3 is 1.20 bits per heavy atom. The third-order valence-corrected chi connectivity index (χ3v) is 18.4. The minimum absolute atomic E-state index is 1.07. The Morgan fingerprint density at radius 2 is 0.544 bits per heavy atom. The summed E-state index contributed by atoms with van der Waals surface area (Å²) < 4.78 is 0. The van der Waals surface area contributed by atoms with Crippen LogP contribution < -0.4 is 9.80 Å². The fourth-order valence-corrected chi connectivity index (χ4v) is 14.4. The number of benzene rings is 17. The minimum atomic E-state index is 1.07. The monoisotopic (exact) mass is 1140 g/mol. The summed E-state index contributed by atoms with van der Waals surface area (Å²) in [6, 6.07) is 130. The van der Waals surface area contributed by atoms with Gasteiger partial charge in [-0.1, -0.05) is 315 Å². The lowest BCUT2D eigenvalue weighted by Gasteiger charge is -2.33. The number of hydrogen-bond acceptors (Lipinski definition) is 2. The van der Waals surface area contributed by atoms with E-state index in [1.807, 2.05) is 0 Å². The van der Waals surface area contributed by atoms with E-state index >= 15 is 0 Å². The molecule has 0 aliphatic carbocycles. The maximum Gasteiger partial charge on any atom is 0.0625 e. The molecular formula is C88H58N2. The lowest BCUT2D eigenvalue weighted by Crippen LogP contribution is -2.14. The van der Waals surface area contributed by atoms with Crippen molar-refractivity contribution in [3.63, 3.8) is 0 Å². The first-order chi connectivity index (χ1) is 44.7. The van der Waals surface area contributed by atoms with Crippen LogP contribution >= 0.6 is 0 Å². The van der Waals surface area contributed by atoms with Crippen LogP contribution in [0.1, 0.15) is 0 Å². The number of para-hydroxylation sites is 1. The summed E-state index contributed by atoms with van der Waals surface area (Å²) in [5, 5.41) is 16.7. The highest BCUT2D eigenvalue weighted by Gasteiger charge is 2.29. The molecule has 17 aromatic rings. The molecule has 0 unspecified atom stereocenters. The van der Waals surface area contributed by atoms with E-state index in [0.717, 1.165) is 78.3 Å². The summed E-state index contributed by atoms with van der Waals surface area (Å²) in [5.74, 6) is 0. The van der Waals surface area contributed by atoms with E-state index in [1.165, 1.54) is 86.9 Å². The normalized spacial score (nSPS) is 11.6. The van der Waals surface area contributed by atoms with Gasteiger partial charge in [-0.2, -0.15) is 0 Å². The molecule has 0 N–H and O–H groups in total. The number of nitrogens with zero attached hydrogens (tertiary/aromatic N) is 2. The van der Waals surface area contributed by atoms with Crippen LogP contribution in [0.2, 0.25) is 0 Å². The van der Waals surface area contributed by atoms with Crippen molar-refractivity contribution in [2.45, 2.75) is 0 Å². The van der Waals surface area contributed by atoms with E-state index in [2.05, 4.69) is 362 Å². The molecule has 90 heavy (non-hydrogen) atoms. The highest BCUT2D eigenvalue weighted by Crippen LogP contribution is 2.55. The molecule has 0 fully saturated rings. The van der Waals surface area contributed by atoms with Gasteiger partial charge >= 0.3 is 0 Å². The first-order valence-corrected chi connectivity index (χ1v) is 31.1. The van der Waals surface area contributed by atoms with Crippen LogP contribution in [0.15, 0.2) is 352 Å². The van der Waals surface area contributed by atoms with Gasteiger partial charge in [-0.15, -0.1) is 0 Å². The first-order valence-electron chi connectivity index (χ1n) is 31.1. The Hall–Kier alpha value is -11.8. The summed E-state index contributed by atoms with van der Waals surface area (Å²) in [6.07, 6.45) is 0. The Kier molecular flexibility index (Phi) is 12.9. The molecule has 0 saturated heterocycles. The molecule has 2 nitrogen and oxygen atoms in total. The van der Waals surface area contributed by atoms with Crippen molar-refractivity contribution in [1.82, 2.24) is 0 Å². The lowest BCUT2D eigenvalue weighted by molar-refractivity contribution is 1.31. The SMILES string of the molecule is c1ccc(-c2ccccc2N(c2ccc(-c3cccc(-c4c(N(c5ccc(-c6cccc7ccccc67)cc5)c5cccc6ccccc56)c5ccccc5c5ccccc45)c3)c3ccccc23)c2c(-c3ccccc3)c3ccccc3c3ccccc23)cc1. The van der Waals surface area contributed by atoms with E-state index in [4.69, 9.17) is 0 Å². The Morgan fingerprint density at radius 1 is 0.167 bits per heavy atom. The third-order valence-electron chi connectivity index (χ3n) is 18.4. The third kappa shape index (κ3) is 8.80. The first kappa shape index (κ1) is 52.5. The Bertz CT molecular complexity index is 5600. The molecule has 0 bridgehead atoms. The van der Waals surface area contributed by atoms with Crippen molar-refractivity contribution in [3.05, 3.63) is 352 Å². The number of anilines is 6. The van der Waals surface area contributed by atoms with Gasteiger partial charge in [-0.05, 0) is 129 Å². The van der Waals surface area contributed by atoms with E-state index < -0.39 is 0 Å². The fourth-order valence-electron chi connectivity index (χ4n) is 14.4. The summed E-state index contributed by atoms with van der Waals surface area (Å²) >= 11 is 0. The van der Waals surface area contributed by atoms with E-state index in [-0.39, 0.29) is 0 Å². The zero-order valence-corrected chi connectivity index (χ0v) is 49.4. The van der Waals surface area contributed by atoms with Crippen molar-refractivity contribution < 1.29 is 0 Å². The van der Waals surface area contributed by atoms with Gasteiger partial charge in [0.05, 0.1) is 28.4 Å². The molecule has 0 heterocycles. The van der Waals surface area contributed by atoms with Crippen LogP contribution in [-0.2, 0) is 0 Å². The molecule has 420 valence electrons. The molecule has 2 heteroatoms. The van der Waals surface area contributed by atoms with Crippen LogP contribution in [0.25, 0.3) is 131 Å². The van der Waals surface area contributed by atoms with Crippen molar-refractivity contribution >= 4 is 110 Å². The molecule has 0 amide bonds. The molecule has 17 aromatic carbocycles. The van der Waals surface area contributed by atoms with E-state index in [0.29, 0.717) is 0 Å². The highest BCUT2D eigenvalue weighted by molar-refractivity contribution is 6.25. The van der Waals surface area contributed by atoms with Crippen LogP contribution in [0.5, 0.6) is 0 Å². The lowest BCUT2D eigenvalue weighted by atomic mass is 9.87. The van der Waals surface area contributed by atoms with Gasteiger partial charge in [0.1, 0.15) is 0 Å². The standard InChI is InChI=1S/C88H58N2/c1-3-26-60(27-4-1)71-38-21-22-50-83(71)90(88-81-48-20-15-43-76(81)73-40-12-17-45-78(73)85(88)63-30-5-2-6-31-63)84-57-56-69(72-39-11-16-44-77(72)84)64-34-23-35-65(58-64)86-79-46-18-13-41-74(79)75-42-14-19-47-80(75)87(86)89(82-51-25-33-61-29-8-10-37-70(61)82)66-54-52-62(53-55-66)68-49-24-32-59-28-7-9-36-67(59)68/h1-58H. The average molecular weight is 1140 g/mol. The minimum Gasteiger partial charge on any atom is -0.309 e. The highest BCUT2D eigenvalue weighted by atomic mass is 15.2. The van der Waals surface area contributed by atoms with Crippen LogP contribution in [-0.4, -0.2) is 0 Å². The number of rotatable bonds is 11. The molecule has 0 aliphatic heterocycles. The van der Waals surface area contributed by atoms with E-state index in [1.54, 1.807) is 0 Å². The van der Waals surface area contributed by atoms with Crippen LogP contribution in [0.3, 0.4) is 0 Å². The zero-order chi connectivity index (χ0) is 59.5. The summed E-state index contributed by atoms with van der Waals surface area (Å²) in [5.41, 5.74) is 18.2. The number of fused-ring (bicyclic) bond motifs is 9. The van der Waals surface area contributed by atoms with Gasteiger partial charge in [0.2, 0.25) is 0 Å². The summed E-state index contributed by atoms with van der Waals surface area (Å²) in [7, 11) is 0. The largest absolute Gasteiger partial charge is 0.309 e. The quantitative estimate of drug-likeness (QED) is 0.119. The van der Waals surface area contributed by atoms with Gasteiger partial charge in [0.15, 0.2) is 0 Å². The second-order valence-corrected chi connectivity index (χ2v) is 23.4. The molecular weight excluding hydrogens is 1080 g/mol. The van der Waals surface area contributed by atoms with E-state index in [9.17, 15) is 0 Å². The van der Waals surface area contributed by atoms with Gasteiger partial charge in [0, 0.05) is 43.9 Å². The van der Waals surface area contributed by atoms with Crippen molar-refractivity contribution in [2.24, 2.45) is 0 Å². The van der Waals surface area contributed by atoms with Crippen molar-refractivity contribution in [3.8, 4) is 55.6 Å². The Balaban J connectivity index is 0.908. The van der Waals surface area contributed by atoms with Crippen LogP contribution in [0, 0.1) is 0 Å². The van der Waals surface area contributed by atoms with Crippen LogP contribution in [0.4, 0.5) is 34.1 Å². The second kappa shape index (κ2) is 22.1. The predicted molar refractivity (Wildman–Crippen MR) is 386 cm³/mol. The predicted octanol–water partition coefficient (Wildman–Crippen LogP) is 25.0. The maximum atomic E-state index is 2.58.